The van der Waals surface area contributed by atoms with Crippen molar-refractivity contribution in [3.05, 3.63) is 12.2 Å². The number of amides is 1. The summed E-state index contributed by atoms with van der Waals surface area (Å²) in [5.41, 5.74) is -0.764. The molecule has 0 aromatic carbocycles. The lowest BCUT2D eigenvalue weighted by molar-refractivity contribution is -0.153. The van der Waals surface area contributed by atoms with E-state index in [1.54, 1.807) is 11.8 Å². The molecule has 100 valence electrons. The molecule has 1 amide bonds. The minimum absolute atomic E-state index is 0.110. The number of piperidine rings is 1. The Balaban J connectivity index is 1.93. The molecule has 1 fully saturated rings. The van der Waals surface area contributed by atoms with Gasteiger partial charge in [-0.15, -0.1) is 0 Å². The van der Waals surface area contributed by atoms with Gasteiger partial charge in [-0.05, 0) is 38.5 Å². The van der Waals surface area contributed by atoms with Gasteiger partial charge in [0.05, 0.1) is 5.41 Å². The topological polar surface area (TPSA) is 57.6 Å². The largest absolute Gasteiger partial charge is 0.481 e. The fraction of sp³-hybridized carbons (Fsp3) is 0.714. The molecule has 1 aliphatic heterocycles. The third kappa shape index (κ3) is 2.74. The smallest absolute Gasteiger partial charge is 0.311 e. The number of likely N-dealkylation sites (tertiary alicyclic amines) is 1. The zero-order valence-electron chi connectivity index (χ0n) is 10.9. The van der Waals surface area contributed by atoms with E-state index in [2.05, 4.69) is 12.2 Å². The first-order chi connectivity index (χ1) is 8.51. The summed E-state index contributed by atoms with van der Waals surface area (Å²) in [5, 5.41) is 9.23. The summed E-state index contributed by atoms with van der Waals surface area (Å²) >= 11 is 0. The van der Waals surface area contributed by atoms with Crippen molar-refractivity contribution in [2.45, 2.75) is 39.0 Å². The predicted molar refractivity (Wildman–Crippen MR) is 68.0 cm³/mol. The standard InChI is InChI=1S/C14H21NO3/c1-14(13(17)18)7-4-8-15(10-14)12(16)9-11-5-2-3-6-11/h2,5,11H,3-4,6-10H2,1H3,(H,17,18). The fourth-order valence-corrected chi connectivity index (χ4v) is 2.85. The van der Waals surface area contributed by atoms with Gasteiger partial charge in [0.2, 0.25) is 5.91 Å². The van der Waals surface area contributed by atoms with E-state index in [4.69, 9.17) is 0 Å². The van der Waals surface area contributed by atoms with Crippen LogP contribution in [0.1, 0.15) is 39.0 Å². The zero-order valence-corrected chi connectivity index (χ0v) is 10.9. The van der Waals surface area contributed by atoms with E-state index >= 15 is 0 Å². The number of carbonyl (C=O) groups is 2. The monoisotopic (exact) mass is 251 g/mol. The van der Waals surface area contributed by atoms with E-state index in [-0.39, 0.29) is 5.91 Å². The maximum Gasteiger partial charge on any atom is 0.311 e. The van der Waals surface area contributed by atoms with Gasteiger partial charge in [0, 0.05) is 19.5 Å². The first-order valence-corrected chi connectivity index (χ1v) is 6.69. The third-order valence-electron chi connectivity index (χ3n) is 4.11. The first kappa shape index (κ1) is 13.1. The molecule has 0 aromatic rings. The third-order valence-corrected chi connectivity index (χ3v) is 4.11. The van der Waals surface area contributed by atoms with Crippen molar-refractivity contribution in [2.75, 3.05) is 13.1 Å². The van der Waals surface area contributed by atoms with E-state index in [9.17, 15) is 14.7 Å². The van der Waals surface area contributed by atoms with Gasteiger partial charge in [0.15, 0.2) is 0 Å². The van der Waals surface area contributed by atoms with Crippen LogP contribution in [0.15, 0.2) is 12.2 Å². The second-order valence-corrected chi connectivity index (χ2v) is 5.75. The lowest BCUT2D eigenvalue weighted by Gasteiger charge is -2.37. The summed E-state index contributed by atoms with van der Waals surface area (Å²) in [7, 11) is 0. The Hall–Kier alpha value is -1.32. The van der Waals surface area contributed by atoms with Crippen LogP contribution >= 0.6 is 0 Å². The number of carbonyl (C=O) groups excluding carboxylic acids is 1. The minimum atomic E-state index is -0.791. The van der Waals surface area contributed by atoms with Gasteiger partial charge < -0.3 is 10.0 Å². The Morgan fingerprint density at radius 3 is 2.89 bits per heavy atom. The molecule has 1 heterocycles. The minimum Gasteiger partial charge on any atom is -0.481 e. The number of hydrogen-bond donors (Lipinski definition) is 1. The number of rotatable bonds is 3. The van der Waals surface area contributed by atoms with Gasteiger partial charge in [-0.25, -0.2) is 0 Å². The van der Waals surface area contributed by atoms with Gasteiger partial charge in [-0.1, -0.05) is 12.2 Å². The van der Waals surface area contributed by atoms with Crippen LogP contribution in [-0.2, 0) is 9.59 Å². The molecule has 2 unspecified atom stereocenters. The number of carboxylic acids is 1. The Morgan fingerprint density at radius 1 is 1.50 bits per heavy atom. The Labute approximate surface area is 108 Å². The Kier molecular flexibility index (Phi) is 3.73. The molecule has 4 nitrogen and oxygen atoms in total. The molecule has 0 spiro atoms. The van der Waals surface area contributed by atoms with Gasteiger partial charge >= 0.3 is 5.97 Å². The molecule has 0 bridgehead atoms. The second kappa shape index (κ2) is 5.12. The van der Waals surface area contributed by atoms with Crippen LogP contribution in [0, 0.1) is 11.3 Å². The molecular weight excluding hydrogens is 230 g/mol. The van der Waals surface area contributed by atoms with Crippen molar-refractivity contribution in [2.24, 2.45) is 11.3 Å². The highest BCUT2D eigenvalue weighted by molar-refractivity contribution is 5.79. The van der Waals surface area contributed by atoms with E-state index in [1.807, 2.05) is 0 Å². The molecule has 2 aliphatic rings. The lowest BCUT2D eigenvalue weighted by Crippen LogP contribution is -2.48. The van der Waals surface area contributed by atoms with Crippen molar-refractivity contribution in [3.8, 4) is 0 Å². The fourth-order valence-electron chi connectivity index (χ4n) is 2.85. The van der Waals surface area contributed by atoms with Crippen LogP contribution in [0.2, 0.25) is 0 Å². The van der Waals surface area contributed by atoms with E-state index in [0.29, 0.717) is 31.8 Å². The van der Waals surface area contributed by atoms with Crippen LogP contribution in [0.5, 0.6) is 0 Å². The first-order valence-electron chi connectivity index (χ1n) is 6.69. The molecule has 2 atom stereocenters. The summed E-state index contributed by atoms with van der Waals surface area (Å²) in [6.07, 6.45) is 8.32. The zero-order chi connectivity index (χ0) is 13.2. The SMILES string of the molecule is CC1(C(=O)O)CCCN(C(=O)CC2C=CCC2)C1. The van der Waals surface area contributed by atoms with Crippen LogP contribution in [0.25, 0.3) is 0 Å². The van der Waals surface area contributed by atoms with Crippen molar-refractivity contribution < 1.29 is 14.7 Å². The molecule has 4 heteroatoms. The predicted octanol–water partition coefficient (Wildman–Crippen LogP) is 2.06. The highest BCUT2D eigenvalue weighted by Crippen LogP contribution is 2.31. The van der Waals surface area contributed by atoms with Crippen LogP contribution in [0.3, 0.4) is 0 Å². The number of carboxylic acid groups (broad SMARTS) is 1. The van der Waals surface area contributed by atoms with Gasteiger partial charge in [-0.2, -0.15) is 0 Å². The molecule has 1 aliphatic carbocycles. The van der Waals surface area contributed by atoms with Gasteiger partial charge in [-0.3, -0.25) is 9.59 Å². The van der Waals surface area contributed by atoms with E-state index < -0.39 is 11.4 Å². The van der Waals surface area contributed by atoms with Crippen LogP contribution in [-0.4, -0.2) is 35.0 Å². The van der Waals surface area contributed by atoms with E-state index in [1.165, 1.54) is 0 Å². The number of aliphatic carboxylic acids is 1. The molecule has 0 saturated carbocycles. The Morgan fingerprint density at radius 2 is 2.28 bits per heavy atom. The summed E-state index contributed by atoms with van der Waals surface area (Å²) in [6.45, 7) is 2.81. The molecule has 2 rings (SSSR count). The average molecular weight is 251 g/mol. The highest BCUT2D eigenvalue weighted by atomic mass is 16.4. The summed E-state index contributed by atoms with van der Waals surface area (Å²) < 4.78 is 0. The van der Waals surface area contributed by atoms with Crippen LogP contribution in [0.4, 0.5) is 0 Å². The molecule has 1 saturated heterocycles. The maximum absolute atomic E-state index is 12.2. The van der Waals surface area contributed by atoms with Gasteiger partial charge in [0.25, 0.3) is 0 Å². The average Bonchev–Trinajstić information content (AvgIpc) is 2.81. The summed E-state index contributed by atoms with van der Waals surface area (Å²) in [6, 6.07) is 0. The molecule has 0 radical (unpaired) electrons. The van der Waals surface area contributed by atoms with Crippen molar-refractivity contribution in [1.29, 1.82) is 0 Å². The molecule has 1 N–H and O–H groups in total. The lowest BCUT2D eigenvalue weighted by atomic mass is 9.82. The maximum atomic E-state index is 12.2. The van der Waals surface area contributed by atoms with E-state index in [0.717, 1.165) is 19.3 Å². The van der Waals surface area contributed by atoms with Crippen molar-refractivity contribution in [1.82, 2.24) is 4.90 Å². The number of allylic oxidation sites excluding steroid dienone is 2. The number of hydrogen-bond acceptors (Lipinski definition) is 2. The quantitative estimate of drug-likeness (QED) is 0.781. The Bertz CT molecular complexity index is 377. The van der Waals surface area contributed by atoms with Gasteiger partial charge in [0.1, 0.15) is 0 Å². The summed E-state index contributed by atoms with van der Waals surface area (Å²) in [5.74, 6) is -0.324. The number of nitrogens with zero attached hydrogens (tertiary/aromatic N) is 1. The van der Waals surface area contributed by atoms with Crippen molar-refractivity contribution >= 4 is 11.9 Å². The molecule has 0 aromatic heterocycles. The molecular formula is C14H21NO3. The normalized spacial score (nSPS) is 31.6. The van der Waals surface area contributed by atoms with Crippen LogP contribution < -0.4 is 0 Å². The summed E-state index contributed by atoms with van der Waals surface area (Å²) in [4.78, 5) is 25.1. The molecule has 18 heavy (non-hydrogen) atoms. The second-order valence-electron chi connectivity index (χ2n) is 5.75. The highest BCUT2D eigenvalue weighted by Gasteiger charge is 2.39. The van der Waals surface area contributed by atoms with Crippen molar-refractivity contribution in [3.63, 3.8) is 0 Å².